The van der Waals surface area contributed by atoms with Gasteiger partial charge in [-0.05, 0) is 62.1 Å². The molecule has 0 bridgehead atoms. The van der Waals surface area contributed by atoms with Crippen LogP contribution in [-0.2, 0) is 22.6 Å². The molecule has 0 saturated carbocycles. The number of amides is 1. The number of hydrogen-bond donors (Lipinski definition) is 1. The molecule has 0 radical (unpaired) electrons. The summed E-state index contributed by atoms with van der Waals surface area (Å²) in [5.74, 6) is 0.603. The fraction of sp³-hybridized carbons (Fsp3) is 0.458. The van der Waals surface area contributed by atoms with Crippen molar-refractivity contribution in [2.75, 3.05) is 19.7 Å². The molecule has 1 N–H and O–H groups in total. The number of ether oxygens (including phenoxy) is 2. The first kappa shape index (κ1) is 21.3. The van der Waals surface area contributed by atoms with Crippen LogP contribution in [0.1, 0.15) is 36.1 Å². The molecule has 156 valence electrons. The topological polar surface area (TPSA) is 50.8 Å². The quantitative estimate of drug-likeness (QED) is 0.777. The monoisotopic (exact) mass is 396 g/mol. The molecule has 2 atom stereocenters. The summed E-state index contributed by atoms with van der Waals surface area (Å²) in [4.78, 5) is 14.7. The lowest BCUT2D eigenvalue weighted by Crippen LogP contribution is -2.45. The van der Waals surface area contributed by atoms with Crippen molar-refractivity contribution in [1.29, 1.82) is 0 Å². The van der Waals surface area contributed by atoms with Crippen LogP contribution in [0.4, 0.5) is 0 Å². The molecule has 1 amide bonds. The van der Waals surface area contributed by atoms with Crippen LogP contribution in [0.2, 0.25) is 0 Å². The smallest absolute Gasteiger partial charge is 0.258 e. The number of benzene rings is 2. The standard InChI is InChI=1S/C24H32N2O3/c1-17-9-10-23(11-18(17)2)28-16-24(27)25-12-21-7-5-6-8-22(21)15-26-13-19(3)29-20(4)14-26/h5-11,19-20H,12-16H2,1-4H3,(H,25,27). The van der Waals surface area contributed by atoms with E-state index in [9.17, 15) is 4.79 Å². The van der Waals surface area contributed by atoms with Crippen molar-refractivity contribution in [3.63, 3.8) is 0 Å². The van der Waals surface area contributed by atoms with Crippen LogP contribution < -0.4 is 10.1 Å². The van der Waals surface area contributed by atoms with E-state index in [-0.39, 0.29) is 24.7 Å². The summed E-state index contributed by atoms with van der Waals surface area (Å²) in [5, 5.41) is 2.98. The molecule has 5 heteroatoms. The zero-order valence-electron chi connectivity index (χ0n) is 17.9. The van der Waals surface area contributed by atoms with Crippen LogP contribution in [-0.4, -0.2) is 42.7 Å². The predicted octanol–water partition coefficient (Wildman–Crippen LogP) is 3.61. The summed E-state index contributed by atoms with van der Waals surface area (Å²) in [6, 6.07) is 14.1. The molecule has 1 aliphatic rings. The Balaban J connectivity index is 1.52. The molecule has 1 aliphatic heterocycles. The van der Waals surface area contributed by atoms with Gasteiger partial charge in [0.05, 0.1) is 12.2 Å². The van der Waals surface area contributed by atoms with E-state index in [1.165, 1.54) is 11.1 Å². The van der Waals surface area contributed by atoms with Gasteiger partial charge in [-0.2, -0.15) is 0 Å². The zero-order valence-corrected chi connectivity index (χ0v) is 17.9. The minimum absolute atomic E-state index is 0.0170. The Morgan fingerprint density at radius 3 is 2.45 bits per heavy atom. The molecule has 29 heavy (non-hydrogen) atoms. The van der Waals surface area contributed by atoms with E-state index in [4.69, 9.17) is 9.47 Å². The Morgan fingerprint density at radius 1 is 1.07 bits per heavy atom. The van der Waals surface area contributed by atoms with Crippen molar-refractivity contribution in [3.8, 4) is 5.75 Å². The highest BCUT2D eigenvalue weighted by molar-refractivity contribution is 5.77. The Hall–Kier alpha value is -2.37. The lowest BCUT2D eigenvalue weighted by Gasteiger charge is -2.35. The predicted molar refractivity (Wildman–Crippen MR) is 115 cm³/mol. The molecule has 0 spiro atoms. The van der Waals surface area contributed by atoms with Crippen molar-refractivity contribution in [1.82, 2.24) is 10.2 Å². The molecule has 1 saturated heterocycles. The van der Waals surface area contributed by atoms with Gasteiger partial charge in [0.1, 0.15) is 5.75 Å². The molecule has 2 aromatic carbocycles. The highest BCUT2D eigenvalue weighted by Crippen LogP contribution is 2.18. The van der Waals surface area contributed by atoms with Crippen molar-refractivity contribution < 1.29 is 14.3 Å². The van der Waals surface area contributed by atoms with Gasteiger partial charge in [-0.25, -0.2) is 0 Å². The summed E-state index contributed by atoms with van der Waals surface area (Å²) in [7, 11) is 0. The molecule has 5 nitrogen and oxygen atoms in total. The van der Waals surface area contributed by atoms with Crippen LogP contribution in [0.15, 0.2) is 42.5 Å². The molecule has 1 heterocycles. The third-order valence-corrected chi connectivity index (χ3v) is 5.33. The van der Waals surface area contributed by atoms with Crippen molar-refractivity contribution >= 4 is 5.91 Å². The van der Waals surface area contributed by atoms with Crippen LogP contribution in [0.5, 0.6) is 5.75 Å². The molecule has 2 unspecified atom stereocenters. The van der Waals surface area contributed by atoms with Crippen LogP contribution >= 0.6 is 0 Å². The van der Waals surface area contributed by atoms with E-state index in [0.29, 0.717) is 6.54 Å². The van der Waals surface area contributed by atoms with Gasteiger partial charge in [-0.3, -0.25) is 9.69 Å². The number of carbonyl (C=O) groups is 1. The summed E-state index contributed by atoms with van der Waals surface area (Å²) >= 11 is 0. The normalized spacial score (nSPS) is 19.7. The average Bonchev–Trinajstić information content (AvgIpc) is 2.67. The number of morpholine rings is 1. The van der Waals surface area contributed by atoms with Gasteiger partial charge in [-0.15, -0.1) is 0 Å². The largest absolute Gasteiger partial charge is 0.484 e. The van der Waals surface area contributed by atoms with Crippen molar-refractivity contribution in [2.45, 2.75) is 53.0 Å². The van der Waals surface area contributed by atoms with E-state index in [1.54, 1.807) is 0 Å². The summed E-state index contributed by atoms with van der Waals surface area (Å²) < 4.78 is 11.5. The second-order valence-corrected chi connectivity index (χ2v) is 8.03. The highest BCUT2D eigenvalue weighted by Gasteiger charge is 2.22. The van der Waals surface area contributed by atoms with Crippen molar-refractivity contribution in [3.05, 3.63) is 64.7 Å². The molecule has 0 aliphatic carbocycles. The number of hydrogen-bond acceptors (Lipinski definition) is 4. The summed E-state index contributed by atoms with van der Waals surface area (Å²) in [6.07, 6.45) is 0.487. The van der Waals surface area contributed by atoms with Crippen LogP contribution in [0.25, 0.3) is 0 Å². The Kier molecular flexibility index (Phi) is 7.29. The van der Waals surface area contributed by atoms with E-state index in [2.05, 4.69) is 49.2 Å². The first-order valence-electron chi connectivity index (χ1n) is 10.3. The van der Waals surface area contributed by atoms with E-state index < -0.39 is 0 Å². The molecule has 2 aromatic rings. The highest BCUT2D eigenvalue weighted by atomic mass is 16.5. The number of carbonyl (C=O) groups excluding carboxylic acids is 1. The third-order valence-electron chi connectivity index (χ3n) is 5.33. The minimum atomic E-state index is -0.119. The fourth-order valence-corrected chi connectivity index (χ4v) is 3.74. The first-order valence-corrected chi connectivity index (χ1v) is 10.3. The summed E-state index contributed by atoms with van der Waals surface area (Å²) in [5.41, 5.74) is 4.74. The van der Waals surface area contributed by atoms with Gasteiger partial charge >= 0.3 is 0 Å². The van der Waals surface area contributed by atoms with Gasteiger partial charge in [0.25, 0.3) is 5.91 Å². The number of aryl methyl sites for hydroxylation is 2. The van der Waals surface area contributed by atoms with Crippen LogP contribution in [0.3, 0.4) is 0 Å². The van der Waals surface area contributed by atoms with Gasteiger partial charge in [0.15, 0.2) is 6.61 Å². The average molecular weight is 397 g/mol. The van der Waals surface area contributed by atoms with Gasteiger partial charge in [-0.1, -0.05) is 30.3 Å². The fourth-order valence-electron chi connectivity index (χ4n) is 3.74. The van der Waals surface area contributed by atoms with Crippen LogP contribution in [0, 0.1) is 13.8 Å². The molecule has 1 fully saturated rings. The molecular formula is C24H32N2O3. The first-order chi connectivity index (χ1) is 13.9. The zero-order chi connectivity index (χ0) is 20.8. The maximum Gasteiger partial charge on any atom is 0.258 e. The molecular weight excluding hydrogens is 364 g/mol. The Morgan fingerprint density at radius 2 is 1.76 bits per heavy atom. The summed E-state index contributed by atoms with van der Waals surface area (Å²) in [6.45, 7) is 11.6. The third kappa shape index (κ3) is 6.31. The van der Waals surface area contributed by atoms with E-state index in [0.717, 1.165) is 36.5 Å². The Bertz CT molecular complexity index is 827. The maximum absolute atomic E-state index is 12.3. The lowest BCUT2D eigenvalue weighted by atomic mass is 10.1. The molecule has 3 rings (SSSR count). The second-order valence-electron chi connectivity index (χ2n) is 8.03. The minimum Gasteiger partial charge on any atom is -0.484 e. The number of rotatable bonds is 7. The van der Waals surface area contributed by atoms with Gasteiger partial charge < -0.3 is 14.8 Å². The maximum atomic E-state index is 12.3. The SMILES string of the molecule is Cc1ccc(OCC(=O)NCc2ccccc2CN2CC(C)OC(C)C2)cc1C. The van der Waals surface area contributed by atoms with Gasteiger partial charge in [0.2, 0.25) is 0 Å². The van der Waals surface area contributed by atoms with E-state index >= 15 is 0 Å². The second kappa shape index (κ2) is 9.90. The van der Waals surface area contributed by atoms with E-state index in [1.807, 2.05) is 31.2 Å². The van der Waals surface area contributed by atoms with Gasteiger partial charge in [0, 0.05) is 26.2 Å². The molecule has 0 aromatic heterocycles. The Labute approximate surface area is 174 Å². The number of nitrogens with zero attached hydrogens (tertiary/aromatic N) is 1. The van der Waals surface area contributed by atoms with Crippen molar-refractivity contribution in [2.24, 2.45) is 0 Å². The lowest BCUT2D eigenvalue weighted by molar-refractivity contribution is -0.123. The number of nitrogens with one attached hydrogen (secondary N) is 1.